The first-order chi connectivity index (χ1) is 9.78. The molecule has 1 aromatic rings. The maximum atomic E-state index is 8.81. The fraction of sp³-hybridized carbons (Fsp3) is 0.643. The van der Waals surface area contributed by atoms with Crippen LogP contribution in [-0.4, -0.2) is 35.4 Å². The predicted molar refractivity (Wildman–Crippen MR) is 83.2 cm³/mol. The number of nitriles is 1. The standard InChI is InChI=1S/C14H21N5S/c1-3-8-16-12-10-13(18-14(17-12)20-2)19(9-4-7-15)11-5-6-11/h10-11H,3-6,8-9H2,1-2H3,(H,16,17,18). The van der Waals surface area contributed by atoms with Crippen LogP contribution in [-0.2, 0) is 0 Å². The molecule has 20 heavy (non-hydrogen) atoms. The third-order valence-corrected chi connectivity index (χ3v) is 3.72. The van der Waals surface area contributed by atoms with E-state index < -0.39 is 0 Å². The number of nitrogens with one attached hydrogen (secondary N) is 1. The second-order valence-corrected chi connectivity index (χ2v) is 5.63. The summed E-state index contributed by atoms with van der Waals surface area (Å²) in [7, 11) is 0. The Labute approximate surface area is 124 Å². The molecule has 108 valence electrons. The molecule has 1 N–H and O–H groups in total. The highest BCUT2D eigenvalue weighted by Crippen LogP contribution is 2.32. The lowest BCUT2D eigenvalue weighted by atomic mass is 10.3. The van der Waals surface area contributed by atoms with Crippen molar-refractivity contribution < 1.29 is 0 Å². The summed E-state index contributed by atoms with van der Waals surface area (Å²) >= 11 is 1.55. The van der Waals surface area contributed by atoms with Gasteiger partial charge < -0.3 is 10.2 Å². The molecule has 0 unspecified atom stereocenters. The zero-order chi connectivity index (χ0) is 14.4. The van der Waals surface area contributed by atoms with Crippen LogP contribution in [0, 0.1) is 11.3 Å². The molecule has 0 amide bonds. The molecule has 1 fully saturated rings. The number of hydrogen-bond donors (Lipinski definition) is 1. The number of aromatic nitrogens is 2. The molecular weight excluding hydrogens is 270 g/mol. The zero-order valence-corrected chi connectivity index (χ0v) is 12.9. The molecule has 0 bridgehead atoms. The Morgan fingerprint density at radius 1 is 1.50 bits per heavy atom. The van der Waals surface area contributed by atoms with Gasteiger partial charge in [-0.3, -0.25) is 0 Å². The maximum Gasteiger partial charge on any atom is 0.191 e. The van der Waals surface area contributed by atoms with Crippen LogP contribution in [0.4, 0.5) is 11.6 Å². The van der Waals surface area contributed by atoms with Crippen molar-refractivity contribution in [3.05, 3.63) is 6.07 Å². The minimum absolute atomic E-state index is 0.535. The Balaban J connectivity index is 2.20. The molecule has 0 aliphatic heterocycles. The highest BCUT2D eigenvalue weighted by molar-refractivity contribution is 7.98. The molecule has 1 aliphatic carbocycles. The molecule has 1 aromatic heterocycles. The van der Waals surface area contributed by atoms with Crippen LogP contribution in [0.3, 0.4) is 0 Å². The Hall–Kier alpha value is -1.48. The molecule has 6 heteroatoms. The van der Waals surface area contributed by atoms with E-state index in [1.54, 1.807) is 11.8 Å². The van der Waals surface area contributed by atoms with E-state index in [1.807, 2.05) is 12.3 Å². The summed E-state index contributed by atoms with van der Waals surface area (Å²) < 4.78 is 0. The van der Waals surface area contributed by atoms with Crippen LogP contribution in [0.1, 0.15) is 32.6 Å². The van der Waals surface area contributed by atoms with E-state index in [9.17, 15) is 0 Å². The van der Waals surface area contributed by atoms with E-state index in [1.165, 1.54) is 12.8 Å². The highest BCUT2D eigenvalue weighted by Gasteiger charge is 2.30. The Morgan fingerprint density at radius 3 is 2.90 bits per heavy atom. The van der Waals surface area contributed by atoms with Gasteiger partial charge in [-0.2, -0.15) is 5.26 Å². The summed E-state index contributed by atoms with van der Waals surface area (Å²) in [6.07, 6.45) is 5.98. The second-order valence-electron chi connectivity index (χ2n) is 4.86. The quantitative estimate of drug-likeness (QED) is 0.587. The number of nitrogens with zero attached hydrogens (tertiary/aromatic N) is 4. The minimum atomic E-state index is 0.535. The smallest absolute Gasteiger partial charge is 0.191 e. The van der Waals surface area contributed by atoms with Gasteiger partial charge in [0, 0.05) is 25.2 Å². The molecule has 0 saturated heterocycles. The van der Waals surface area contributed by atoms with Crippen molar-refractivity contribution in [1.82, 2.24) is 9.97 Å². The molecule has 1 heterocycles. The van der Waals surface area contributed by atoms with Gasteiger partial charge >= 0.3 is 0 Å². The zero-order valence-electron chi connectivity index (χ0n) is 12.1. The highest BCUT2D eigenvalue weighted by atomic mass is 32.2. The molecule has 2 rings (SSSR count). The normalized spacial score (nSPS) is 13.8. The van der Waals surface area contributed by atoms with Gasteiger partial charge in [0.15, 0.2) is 5.16 Å². The third-order valence-electron chi connectivity index (χ3n) is 3.18. The number of rotatable bonds is 8. The van der Waals surface area contributed by atoms with Gasteiger partial charge in [0.05, 0.1) is 12.5 Å². The molecule has 0 atom stereocenters. The SMILES string of the molecule is CCCNc1cc(N(CCC#N)C2CC2)nc(SC)n1. The number of thioether (sulfide) groups is 1. The van der Waals surface area contributed by atoms with Crippen molar-refractivity contribution >= 4 is 23.4 Å². The summed E-state index contributed by atoms with van der Waals surface area (Å²) in [4.78, 5) is 11.3. The molecule has 5 nitrogen and oxygen atoms in total. The van der Waals surface area contributed by atoms with Gasteiger partial charge in [-0.15, -0.1) is 0 Å². The molecule has 0 radical (unpaired) electrons. The van der Waals surface area contributed by atoms with E-state index in [2.05, 4.69) is 33.2 Å². The summed E-state index contributed by atoms with van der Waals surface area (Å²) in [5.74, 6) is 1.82. The van der Waals surface area contributed by atoms with E-state index in [0.717, 1.165) is 36.3 Å². The third kappa shape index (κ3) is 4.01. The van der Waals surface area contributed by atoms with Crippen LogP contribution < -0.4 is 10.2 Å². The van der Waals surface area contributed by atoms with Gasteiger partial charge in [-0.1, -0.05) is 18.7 Å². The van der Waals surface area contributed by atoms with E-state index in [0.29, 0.717) is 12.5 Å². The van der Waals surface area contributed by atoms with Gasteiger partial charge in [0.25, 0.3) is 0 Å². The van der Waals surface area contributed by atoms with Crippen molar-refractivity contribution in [2.75, 3.05) is 29.6 Å². The number of hydrogen-bond acceptors (Lipinski definition) is 6. The van der Waals surface area contributed by atoms with Gasteiger partial charge in [-0.05, 0) is 25.5 Å². The minimum Gasteiger partial charge on any atom is -0.370 e. The van der Waals surface area contributed by atoms with Crippen molar-refractivity contribution in [2.45, 2.75) is 43.8 Å². The van der Waals surface area contributed by atoms with Crippen LogP contribution >= 0.6 is 11.8 Å². The summed E-state index contributed by atoms with van der Waals surface area (Å²) in [5.41, 5.74) is 0. The van der Waals surface area contributed by atoms with Crippen LogP contribution in [0.5, 0.6) is 0 Å². The van der Waals surface area contributed by atoms with Crippen LogP contribution in [0.25, 0.3) is 0 Å². The van der Waals surface area contributed by atoms with E-state index >= 15 is 0 Å². The lowest BCUT2D eigenvalue weighted by Gasteiger charge is -2.23. The Morgan fingerprint density at radius 2 is 2.30 bits per heavy atom. The molecule has 1 saturated carbocycles. The topological polar surface area (TPSA) is 64.8 Å². The first-order valence-corrected chi connectivity index (χ1v) is 8.31. The Kier molecular flexibility index (Phi) is 5.48. The second kappa shape index (κ2) is 7.34. The summed E-state index contributed by atoms with van der Waals surface area (Å²) in [5, 5.41) is 12.9. The van der Waals surface area contributed by atoms with E-state index in [-0.39, 0.29) is 0 Å². The Bertz CT molecular complexity index is 481. The maximum absolute atomic E-state index is 8.81. The van der Waals surface area contributed by atoms with Crippen molar-refractivity contribution in [1.29, 1.82) is 5.26 Å². The molecule has 0 spiro atoms. The van der Waals surface area contributed by atoms with Crippen molar-refractivity contribution in [2.24, 2.45) is 0 Å². The fourth-order valence-corrected chi connectivity index (χ4v) is 2.41. The molecule has 0 aromatic carbocycles. The molecule has 1 aliphatic rings. The van der Waals surface area contributed by atoms with Gasteiger partial charge in [0.2, 0.25) is 0 Å². The van der Waals surface area contributed by atoms with E-state index in [4.69, 9.17) is 5.26 Å². The van der Waals surface area contributed by atoms with Gasteiger partial charge in [0.1, 0.15) is 11.6 Å². The number of anilines is 2. The van der Waals surface area contributed by atoms with Crippen molar-refractivity contribution in [3.63, 3.8) is 0 Å². The largest absolute Gasteiger partial charge is 0.370 e. The first kappa shape index (κ1) is 14.9. The average Bonchev–Trinajstić information content (AvgIpc) is 3.30. The summed E-state index contributed by atoms with van der Waals surface area (Å²) in [6, 6.07) is 4.78. The van der Waals surface area contributed by atoms with Crippen LogP contribution in [0.2, 0.25) is 0 Å². The monoisotopic (exact) mass is 291 g/mol. The summed E-state index contributed by atoms with van der Waals surface area (Å²) in [6.45, 7) is 3.79. The van der Waals surface area contributed by atoms with Crippen LogP contribution in [0.15, 0.2) is 11.2 Å². The first-order valence-electron chi connectivity index (χ1n) is 7.09. The fourth-order valence-electron chi connectivity index (χ4n) is 2.04. The van der Waals surface area contributed by atoms with Crippen molar-refractivity contribution in [3.8, 4) is 6.07 Å². The lowest BCUT2D eigenvalue weighted by molar-refractivity contribution is 0.762. The van der Waals surface area contributed by atoms with Gasteiger partial charge in [-0.25, -0.2) is 9.97 Å². The molecular formula is C14H21N5S. The lowest BCUT2D eigenvalue weighted by Crippen LogP contribution is -2.28. The average molecular weight is 291 g/mol. The predicted octanol–water partition coefficient (Wildman–Crippen LogP) is 2.90.